The van der Waals surface area contributed by atoms with Crippen molar-refractivity contribution in [2.45, 2.75) is 13.8 Å². The molecule has 9 nitrogen and oxygen atoms in total. The maximum Gasteiger partial charge on any atom is 0.229 e. The third kappa shape index (κ3) is 4.47. The fourth-order valence-electron chi connectivity index (χ4n) is 3.67. The molecule has 2 aromatic heterocycles. The average Bonchev–Trinajstić information content (AvgIpc) is 3.08. The smallest absolute Gasteiger partial charge is 0.229 e. The molecule has 1 aromatic carbocycles. The number of likely N-dealkylation sites (N-methyl/N-ethyl adjacent to an activating group) is 1. The van der Waals surface area contributed by atoms with Crippen molar-refractivity contribution < 1.29 is 9.47 Å². The minimum atomic E-state index is 0.498. The number of hydrazone groups is 1. The first-order valence-electron chi connectivity index (χ1n) is 10.5. The van der Waals surface area contributed by atoms with Gasteiger partial charge < -0.3 is 30.5 Å². The lowest BCUT2D eigenvalue weighted by molar-refractivity contribution is 0.122. The van der Waals surface area contributed by atoms with Crippen LogP contribution in [0.1, 0.15) is 22.5 Å². The van der Waals surface area contributed by atoms with Gasteiger partial charge in [0, 0.05) is 47.9 Å². The summed E-state index contributed by atoms with van der Waals surface area (Å²) in [7, 11) is 1.88. The van der Waals surface area contributed by atoms with Gasteiger partial charge in [0.2, 0.25) is 11.8 Å². The van der Waals surface area contributed by atoms with Gasteiger partial charge >= 0.3 is 0 Å². The number of nitrogens with one attached hydrogen (secondary N) is 2. The number of nitrogens with two attached hydrogens (primary N) is 1. The van der Waals surface area contributed by atoms with Gasteiger partial charge in [0.1, 0.15) is 18.0 Å². The second-order valence-electron chi connectivity index (χ2n) is 7.56. The van der Waals surface area contributed by atoms with E-state index in [1.54, 1.807) is 6.07 Å². The molecule has 0 spiro atoms. The summed E-state index contributed by atoms with van der Waals surface area (Å²) in [5.74, 6) is 6.95. The summed E-state index contributed by atoms with van der Waals surface area (Å²) in [5.41, 5.74) is 5.56. The lowest BCUT2D eigenvalue weighted by Crippen LogP contribution is -2.37. The van der Waals surface area contributed by atoms with Crippen molar-refractivity contribution in [3.63, 3.8) is 0 Å². The summed E-state index contributed by atoms with van der Waals surface area (Å²) in [6, 6.07) is 7.94. The van der Waals surface area contributed by atoms with E-state index in [0.29, 0.717) is 49.6 Å². The van der Waals surface area contributed by atoms with Crippen LogP contribution in [-0.2, 0) is 4.74 Å². The molecule has 0 bridgehead atoms. The Labute approximate surface area is 181 Å². The van der Waals surface area contributed by atoms with Crippen LogP contribution in [0.5, 0.6) is 5.88 Å². The minimum Gasteiger partial charge on any atom is -0.476 e. The van der Waals surface area contributed by atoms with Crippen molar-refractivity contribution in [2.24, 2.45) is 10.9 Å². The van der Waals surface area contributed by atoms with E-state index >= 15 is 0 Å². The number of H-pyrrole nitrogens is 1. The molecule has 1 fully saturated rings. The maximum atomic E-state index is 5.87. The number of aryl methyl sites for hydroxylation is 2. The highest BCUT2D eigenvalue weighted by Gasteiger charge is 2.19. The molecule has 3 heterocycles. The average molecular weight is 424 g/mol. The SMILES string of the molecule is CNCCOc1cc(/C(=N\N)c2ccc3[nH]c(C)c(C)c3c2)nc(N2CCOCC2)n1. The van der Waals surface area contributed by atoms with Crippen LogP contribution in [0.4, 0.5) is 5.95 Å². The second-order valence-corrected chi connectivity index (χ2v) is 7.56. The number of hydrogen-bond donors (Lipinski definition) is 3. The van der Waals surface area contributed by atoms with Crippen LogP contribution in [0, 0.1) is 13.8 Å². The zero-order valence-corrected chi connectivity index (χ0v) is 18.2. The number of morpholine rings is 1. The molecule has 1 saturated heterocycles. The number of hydrogen-bond acceptors (Lipinski definition) is 8. The number of nitrogens with zero attached hydrogens (tertiary/aromatic N) is 4. The fraction of sp³-hybridized carbons (Fsp3) is 0.409. The third-order valence-corrected chi connectivity index (χ3v) is 5.54. The van der Waals surface area contributed by atoms with Gasteiger partial charge in [0.05, 0.1) is 13.2 Å². The Bertz CT molecular complexity index is 1090. The van der Waals surface area contributed by atoms with Crippen LogP contribution in [0.2, 0.25) is 0 Å². The van der Waals surface area contributed by atoms with Crippen LogP contribution in [0.15, 0.2) is 29.4 Å². The molecular formula is C22H29N7O2. The third-order valence-electron chi connectivity index (χ3n) is 5.54. The van der Waals surface area contributed by atoms with Gasteiger partial charge in [-0.3, -0.25) is 0 Å². The summed E-state index contributed by atoms with van der Waals surface area (Å²) in [6.45, 7) is 8.12. The molecule has 31 heavy (non-hydrogen) atoms. The number of fused-ring (bicyclic) bond motifs is 1. The van der Waals surface area contributed by atoms with Crippen LogP contribution >= 0.6 is 0 Å². The van der Waals surface area contributed by atoms with Gasteiger partial charge in [-0.15, -0.1) is 0 Å². The molecule has 0 aliphatic carbocycles. The van der Waals surface area contributed by atoms with Crippen LogP contribution in [0.3, 0.4) is 0 Å². The lowest BCUT2D eigenvalue weighted by Gasteiger charge is -2.27. The standard InChI is InChI=1S/C22H29N7O2/c1-14-15(2)25-18-5-4-16(12-17(14)18)21(28-23)19-13-20(31-9-6-24-3)27-22(26-19)29-7-10-30-11-8-29/h4-5,12-13,24-25H,6-11,23H2,1-3H3/b28-21-. The molecule has 164 valence electrons. The van der Waals surface area contributed by atoms with E-state index in [0.717, 1.165) is 35.2 Å². The van der Waals surface area contributed by atoms with Crippen molar-refractivity contribution in [3.8, 4) is 5.88 Å². The first-order valence-corrected chi connectivity index (χ1v) is 10.5. The number of ether oxygens (including phenoxy) is 2. The van der Waals surface area contributed by atoms with Crippen LogP contribution < -0.4 is 20.8 Å². The molecule has 4 N–H and O–H groups in total. The van der Waals surface area contributed by atoms with Crippen molar-refractivity contribution >= 4 is 22.6 Å². The number of aromatic nitrogens is 3. The van der Waals surface area contributed by atoms with Gasteiger partial charge in [-0.1, -0.05) is 6.07 Å². The molecular weight excluding hydrogens is 394 g/mol. The number of anilines is 1. The van der Waals surface area contributed by atoms with Crippen molar-refractivity contribution in [2.75, 3.05) is 51.4 Å². The zero-order chi connectivity index (χ0) is 21.8. The Morgan fingerprint density at radius 1 is 1.26 bits per heavy atom. The van der Waals surface area contributed by atoms with Gasteiger partial charge in [0.25, 0.3) is 0 Å². The normalized spacial score (nSPS) is 14.9. The number of benzene rings is 1. The van der Waals surface area contributed by atoms with Crippen LogP contribution in [-0.4, -0.2) is 67.2 Å². The van der Waals surface area contributed by atoms with Gasteiger partial charge in [-0.05, 0) is 38.6 Å². The van der Waals surface area contributed by atoms with E-state index in [4.69, 9.17) is 20.3 Å². The quantitative estimate of drug-likeness (QED) is 0.229. The Kier molecular flexibility index (Phi) is 6.34. The van der Waals surface area contributed by atoms with Gasteiger partial charge in [0.15, 0.2) is 0 Å². The highest BCUT2D eigenvalue weighted by Crippen LogP contribution is 2.25. The fourth-order valence-corrected chi connectivity index (χ4v) is 3.67. The molecule has 0 saturated carbocycles. The van der Waals surface area contributed by atoms with Gasteiger partial charge in [-0.2, -0.15) is 10.1 Å². The molecule has 0 amide bonds. The number of rotatable bonds is 7. The van der Waals surface area contributed by atoms with Gasteiger partial charge in [-0.25, -0.2) is 4.98 Å². The first kappa shape index (κ1) is 21.1. The summed E-state index contributed by atoms with van der Waals surface area (Å²) < 4.78 is 11.3. The minimum absolute atomic E-state index is 0.498. The molecule has 0 unspecified atom stereocenters. The number of aromatic amines is 1. The molecule has 0 atom stereocenters. The molecule has 0 radical (unpaired) electrons. The van der Waals surface area contributed by atoms with E-state index in [1.165, 1.54) is 5.56 Å². The monoisotopic (exact) mass is 423 g/mol. The Morgan fingerprint density at radius 3 is 2.81 bits per heavy atom. The van der Waals surface area contributed by atoms with Crippen LogP contribution in [0.25, 0.3) is 10.9 Å². The topological polar surface area (TPSA) is 114 Å². The van der Waals surface area contributed by atoms with E-state index in [1.807, 2.05) is 19.2 Å². The van der Waals surface area contributed by atoms with E-state index < -0.39 is 0 Å². The second kappa shape index (κ2) is 9.32. The summed E-state index contributed by atoms with van der Waals surface area (Å²) >= 11 is 0. The Morgan fingerprint density at radius 2 is 2.06 bits per heavy atom. The molecule has 1 aliphatic heterocycles. The van der Waals surface area contributed by atoms with Crippen molar-refractivity contribution in [1.29, 1.82) is 0 Å². The van der Waals surface area contributed by atoms with E-state index in [9.17, 15) is 0 Å². The molecule has 9 heteroatoms. The zero-order valence-electron chi connectivity index (χ0n) is 18.2. The molecule has 4 rings (SSSR count). The molecule has 3 aromatic rings. The first-order chi connectivity index (χ1) is 15.1. The van der Waals surface area contributed by atoms with Crippen molar-refractivity contribution in [1.82, 2.24) is 20.3 Å². The Hall–Kier alpha value is -3.17. The Balaban J connectivity index is 1.74. The highest BCUT2D eigenvalue weighted by atomic mass is 16.5. The summed E-state index contributed by atoms with van der Waals surface area (Å²) in [4.78, 5) is 14.9. The predicted octanol–water partition coefficient (Wildman–Crippen LogP) is 1.72. The lowest BCUT2D eigenvalue weighted by atomic mass is 10.0. The largest absolute Gasteiger partial charge is 0.476 e. The van der Waals surface area contributed by atoms with Crippen molar-refractivity contribution in [3.05, 3.63) is 46.8 Å². The highest BCUT2D eigenvalue weighted by molar-refractivity contribution is 6.13. The maximum absolute atomic E-state index is 5.87. The summed E-state index contributed by atoms with van der Waals surface area (Å²) in [5, 5.41) is 8.32. The van der Waals surface area contributed by atoms with E-state index in [-0.39, 0.29) is 0 Å². The van der Waals surface area contributed by atoms with E-state index in [2.05, 4.69) is 45.2 Å². The summed E-state index contributed by atoms with van der Waals surface area (Å²) in [6.07, 6.45) is 0. The molecule has 1 aliphatic rings. The predicted molar refractivity (Wildman–Crippen MR) is 122 cm³/mol.